The first kappa shape index (κ1) is 18.4. The van der Waals surface area contributed by atoms with Crippen molar-refractivity contribution in [3.05, 3.63) is 40.6 Å². The minimum absolute atomic E-state index is 0.104. The molecular formula is C13H18N2O6S. The SMILES string of the molecule is CCOC(=O)[C@H](CS)NC(=O)c1cccc(CO[NH+]([O-])O)c1. The van der Waals surface area contributed by atoms with Crippen molar-refractivity contribution in [2.75, 3.05) is 12.4 Å². The van der Waals surface area contributed by atoms with Gasteiger partial charge in [0.25, 0.3) is 5.91 Å². The monoisotopic (exact) mass is 330 g/mol. The highest BCUT2D eigenvalue weighted by Crippen LogP contribution is 2.07. The van der Waals surface area contributed by atoms with Crippen LogP contribution in [0.15, 0.2) is 24.3 Å². The van der Waals surface area contributed by atoms with Crippen LogP contribution < -0.4 is 10.7 Å². The molecule has 0 heterocycles. The fraction of sp³-hybridized carbons (Fsp3) is 0.385. The number of carbonyl (C=O) groups is 2. The Labute approximate surface area is 132 Å². The van der Waals surface area contributed by atoms with Crippen LogP contribution in [0.5, 0.6) is 0 Å². The normalized spacial score (nSPS) is 13.3. The van der Waals surface area contributed by atoms with Crippen molar-refractivity contribution in [2.24, 2.45) is 0 Å². The highest BCUT2D eigenvalue weighted by Gasteiger charge is 2.21. The van der Waals surface area contributed by atoms with Gasteiger partial charge in [-0.2, -0.15) is 22.7 Å². The van der Waals surface area contributed by atoms with Gasteiger partial charge in [-0.05, 0) is 24.6 Å². The predicted molar refractivity (Wildman–Crippen MR) is 79.1 cm³/mol. The first-order valence-electron chi connectivity index (χ1n) is 6.51. The quantitative estimate of drug-likeness (QED) is 0.290. The second-order valence-corrected chi connectivity index (χ2v) is 4.58. The van der Waals surface area contributed by atoms with Gasteiger partial charge >= 0.3 is 5.97 Å². The Morgan fingerprint density at radius 1 is 1.50 bits per heavy atom. The fourth-order valence-corrected chi connectivity index (χ4v) is 1.85. The minimum Gasteiger partial charge on any atom is -0.566 e. The molecule has 0 fully saturated rings. The summed E-state index contributed by atoms with van der Waals surface area (Å²) >= 11 is 4.01. The first-order valence-corrected chi connectivity index (χ1v) is 7.14. The molecule has 9 heteroatoms. The molecule has 0 bridgehead atoms. The molecule has 0 saturated heterocycles. The van der Waals surface area contributed by atoms with E-state index in [9.17, 15) is 14.8 Å². The number of hydrogen-bond donors (Lipinski definition) is 4. The molecule has 0 aliphatic rings. The van der Waals surface area contributed by atoms with Crippen molar-refractivity contribution in [3.63, 3.8) is 0 Å². The second-order valence-electron chi connectivity index (χ2n) is 4.22. The van der Waals surface area contributed by atoms with Gasteiger partial charge in [-0.3, -0.25) is 4.79 Å². The Balaban J connectivity index is 2.71. The van der Waals surface area contributed by atoms with Gasteiger partial charge < -0.3 is 15.3 Å². The second kappa shape index (κ2) is 9.38. The van der Waals surface area contributed by atoms with E-state index in [1.807, 2.05) is 0 Å². The summed E-state index contributed by atoms with van der Waals surface area (Å²) in [4.78, 5) is 28.2. The third-order valence-electron chi connectivity index (χ3n) is 2.61. The van der Waals surface area contributed by atoms with E-state index in [0.717, 1.165) is 0 Å². The van der Waals surface area contributed by atoms with E-state index in [2.05, 4.69) is 22.8 Å². The van der Waals surface area contributed by atoms with Gasteiger partial charge in [0, 0.05) is 11.3 Å². The maximum atomic E-state index is 12.1. The summed E-state index contributed by atoms with van der Waals surface area (Å²) in [7, 11) is 0. The zero-order valence-corrected chi connectivity index (χ0v) is 12.8. The Kier molecular flexibility index (Phi) is 7.85. The molecule has 3 N–H and O–H groups in total. The summed E-state index contributed by atoms with van der Waals surface area (Å²) in [6.07, 6.45) is 0. The molecule has 0 radical (unpaired) electrons. The molecule has 22 heavy (non-hydrogen) atoms. The summed E-state index contributed by atoms with van der Waals surface area (Å²) in [5.74, 6) is -0.938. The lowest BCUT2D eigenvalue weighted by Gasteiger charge is -2.15. The number of ether oxygens (including phenoxy) is 1. The van der Waals surface area contributed by atoms with Gasteiger partial charge in [0.2, 0.25) is 0 Å². The number of nitrogens with one attached hydrogen (secondary N) is 2. The van der Waals surface area contributed by atoms with Crippen LogP contribution in [0.25, 0.3) is 0 Å². The molecule has 0 aliphatic heterocycles. The van der Waals surface area contributed by atoms with E-state index in [0.29, 0.717) is 5.56 Å². The summed E-state index contributed by atoms with van der Waals surface area (Å²) < 4.78 is 4.83. The van der Waals surface area contributed by atoms with Gasteiger partial charge in [0.1, 0.15) is 12.6 Å². The van der Waals surface area contributed by atoms with Crippen LogP contribution in [0.3, 0.4) is 0 Å². The molecule has 1 aromatic rings. The van der Waals surface area contributed by atoms with Crippen LogP contribution in [0.1, 0.15) is 22.8 Å². The van der Waals surface area contributed by atoms with Crippen molar-refractivity contribution >= 4 is 24.5 Å². The van der Waals surface area contributed by atoms with Crippen LogP contribution >= 0.6 is 12.6 Å². The average Bonchev–Trinajstić information content (AvgIpc) is 2.50. The Bertz CT molecular complexity index is 511. The molecule has 0 spiro atoms. The Morgan fingerprint density at radius 2 is 2.23 bits per heavy atom. The lowest BCUT2D eigenvalue weighted by atomic mass is 10.1. The number of esters is 1. The average molecular weight is 330 g/mol. The topological polar surface area (TPSA) is 112 Å². The first-order chi connectivity index (χ1) is 10.5. The largest absolute Gasteiger partial charge is 0.566 e. The third kappa shape index (κ3) is 6.00. The zero-order valence-electron chi connectivity index (χ0n) is 11.9. The van der Waals surface area contributed by atoms with Crippen molar-refractivity contribution in [3.8, 4) is 0 Å². The Hall–Kier alpha value is -1.65. The van der Waals surface area contributed by atoms with Crippen LogP contribution in [0.4, 0.5) is 0 Å². The number of amides is 1. The summed E-state index contributed by atoms with van der Waals surface area (Å²) in [6.45, 7) is 1.71. The molecule has 8 nitrogen and oxygen atoms in total. The highest BCUT2D eigenvalue weighted by molar-refractivity contribution is 7.80. The molecule has 1 aromatic carbocycles. The molecular weight excluding hydrogens is 312 g/mol. The third-order valence-corrected chi connectivity index (χ3v) is 2.98. The smallest absolute Gasteiger partial charge is 0.329 e. The van der Waals surface area contributed by atoms with Crippen molar-refractivity contribution in [1.82, 2.24) is 5.32 Å². The maximum absolute atomic E-state index is 12.1. The van der Waals surface area contributed by atoms with E-state index >= 15 is 0 Å². The van der Waals surface area contributed by atoms with Crippen LogP contribution in [-0.4, -0.2) is 35.5 Å². The number of hydrogen-bond acceptors (Lipinski definition) is 7. The summed E-state index contributed by atoms with van der Waals surface area (Å²) in [6, 6.07) is 5.39. The van der Waals surface area contributed by atoms with Gasteiger partial charge in [-0.1, -0.05) is 17.5 Å². The Morgan fingerprint density at radius 3 is 2.82 bits per heavy atom. The van der Waals surface area contributed by atoms with Gasteiger partial charge in [0.15, 0.2) is 0 Å². The van der Waals surface area contributed by atoms with Crippen LogP contribution in [-0.2, 0) is 21.0 Å². The van der Waals surface area contributed by atoms with Crippen LogP contribution in [0.2, 0.25) is 0 Å². The van der Waals surface area contributed by atoms with E-state index in [1.165, 1.54) is 6.07 Å². The van der Waals surface area contributed by atoms with E-state index in [1.54, 1.807) is 25.1 Å². The van der Waals surface area contributed by atoms with Crippen molar-refractivity contribution in [2.45, 2.75) is 19.6 Å². The van der Waals surface area contributed by atoms with E-state index in [-0.39, 0.29) is 24.5 Å². The number of quaternary nitrogens is 1. The minimum atomic E-state index is -1.40. The number of thiol groups is 1. The molecule has 1 unspecified atom stereocenters. The van der Waals surface area contributed by atoms with Crippen molar-refractivity contribution in [1.29, 1.82) is 0 Å². The predicted octanol–water partition coefficient (Wildman–Crippen LogP) is -0.519. The van der Waals surface area contributed by atoms with Crippen molar-refractivity contribution < 1.29 is 29.8 Å². The molecule has 2 atom stereocenters. The molecule has 1 amide bonds. The summed E-state index contributed by atoms with van der Waals surface area (Å²) in [5, 5.41) is 19.9. The molecule has 1 rings (SSSR count). The number of rotatable bonds is 8. The molecule has 0 saturated carbocycles. The van der Waals surface area contributed by atoms with E-state index < -0.39 is 23.3 Å². The maximum Gasteiger partial charge on any atom is 0.329 e. The van der Waals surface area contributed by atoms with Gasteiger partial charge in [-0.25, -0.2) is 4.79 Å². The number of benzene rings is 1. The molecule has 122 valence electrons. The standard InChI is InChI=1S/C13H18N2O6S/c1-2-20-13(17)11(8-22)14-12(16)10-5-3-4-9(6-10)7-21-15(18)19/h3-6,11,15,18,22H,2,7-8H2,1H3,(H,14,16)/t11-/m0/s1. The zero-order chi connectivity index (χ0) is 16.5. The lowest BCUT2D eigenvalue weighted by molar-refractivity contribution is -1.21. The molecule has 0 aliphatic carbocycles. The lowest BCUT2D eigenvalue weighted by Crippen LogP contribution is -3.03. The van der Waals surface area contributed by atoms with Crippen LogP contribution in [0, 0.1) is 5.21 Å². The van der Waals surface area contributed by atoms with Gasteiger partial charge in [-0.15, -0.1) is 0 Å². The molecule has 0 aromatic heterocycles. The number of carbonyl (C=O) groups excluding carboxylic acids is 2. The van der Waals surface area contributed by atoms with Gasteiger partial charge in [0.05, 0.1) is 6.61 Å². The van der Waals surface area contributed by atoms with E-state index in [4.69, 9.17) is 9.94 Å². The summed E-state index contributed by atoms with van der Waals surface area (Å²) in [5.41, 5.74) is 0.802. The highest BCUT2D eigenvalue weighted by atomic mass is 32.1. The fourth-order valence-electron chi connectivity index (χ4n) is 1.61.